The molecule has 1 heterocycles. The number of hydrogen-bond donors (Lipinski definition) is 2. The molecule has 2 N–H and O–H groups in total. The molecule has 1 aromatic rings. The Bertz CT molecular complexity index is 265. The molecule has 1 rings (SSSR count). The summed E-state index contributed by atoms with van der Waals surface area (Å²) in [6.45, 7) is 4.85. The highest BCUT2D eigenvalue weighted by atomic mass is 16.5. The summed E-state index contributed by atoms with van der Waals surface area (Å²) in [4.78, 5) is 4.18. The van der Waals surface area contributed by atoms with E-state index in [-0.39, 0.29) is 0 Å². The summed E-state index contributed by atoms with van der Waals surface area (Å²) in [5.74, 6) is 1.58. The van der Waals surface area contributed by atoms with Crippen LogP contribution < -0.4 is 15.4 Å². The highest BCUT2D eigenvalue weighted by Crippen LogP contribution is 2.19. The number of ether oxygens (including phenoxy) is 1. The fourth-order valence-corrected chi connectivity index (χ4v) is 1.13. The summed E-state index contributed by atoms with van der Waals surface area (Å²) in [7, 11) is 1.65. The van der Waals surface area contributed by atoms with Crippen molar-refractivity contribution < 1.29 is 4.74 Å². The molecule has 0 fully saturated rings. The number of likely N-dealkylation sites (N-methyl/N-ethyl adjacent to an activating group) is 1. The lowest BCUT2D eigenvalue weighted by Gasteiger charge is -2.09. The van der Waals surface area contributed by atoms with Crippen LogP contribution in [0.15, 0.2) is 18.3 Å². The summed E-state index contributed by atoms with van der Waals surface area (Å²) >= 11 is 0. The Morgan fingerprint density at radius 3 is 3.00 bits per heavy atom. The maximum absolute atomic E-state index is 5.16. The molecule has 0 aliphatic heterocycles. The van der Waals surface area contributed by atoms with Gasteiger partial charge in [-0.3, -0.25) is 0 Å². The van der Waals surface area contributed by atoms with Crippen LogP contribution in [0.5, 0.6) is 5.75 Å². The third-order valence-corrected chi connectivity index (χ3v) is 1.83. The van der Waals surface area contributed by atoms with Gasteiger partial charge in [-0.25, -0.2) is 4.98 Å². The normalized spacial score (nSPS) is 9.86. The van der Waals surface area contributed by atoms with Crippen molar-refractivity contribution >= 4 is 5.82 Å². The number of hydrogen-bond acceptors (Lipinski definition) is 4. The van der Waals surface area contributed by atoms with Gasteiger partial charge in [-0.15, -0.1) is 0 Å². The van der Waals surface area contributed by atoms with E-state index in [1.807, 2.05) is 12.1 Å². The van der Waals surface area contributed by atoms with Gasteiger partial charge in [0.15, 0.2) is 11.6 Å². The number of pyridine rings is 1. The van der Waals surface area contributed by atoms with Crippen LogP contribution in [-0.2, 0) is 0 Å². The molecule has 0 aliphatic rings. The van der Waals surface area contributed by atoms with Crippen LogP contribution in [0.25, 0.3) is 0 Å². The van der Waals surface area contributed by atoms with Gasteiger partial charge in [-0.1, -0.05) is 6.92 Å². The second-order valence-corrected chi connectivity index (χ2v) is 2.83. The van der Waals surface area contributed by atoms with Crippen molar-refractivity contribution in [2.24, 2.45) is 0 Å². The van der Waals surface area contributed by atoms with E-state index >= 15 is 0 Å². The summed E-state index contributed by atoms with van der Waals surface area (Å²) in [5.41, 5.74) is 0. The lowest BCUT2D eigenvalue weighted by Crippen LogP contribution is -2.22. The lowest BCUT2D eigenvalue weighted by atomic mass is 10.4. The maximum atomic E-state index is 5.16. The number of rotatable bonds is 6. The van der Waals surface area contributed by atoms with Gasteiger partial charge in [0, 0.05) is 19.3 Å². The predicted molar refractivity (Wildman–Crippen MR) is 57.8 cm³/mol. The molecule has 0 bridgehead atoms. The van der Waals surface area contributed by atoms with Crippen LogP contribution >= 0.6 is 0 Å². The van der Waals surface area contributed by atoms with Gasteiger partial charge in [-0.05, 0) is 18.7 Å². The first kappa shape index (κ1) is 10.8. The highest BCUT2D eigenvalue weighted by Gasteiger charge is 2.00. The molecule has 0 aliphatic carbocycles. The van der Waals surface area contributed by atoms with Crippen molar-refractivity contribution in [1.82, 2.24) is 10.3 Å². The van der Waals surface area contributed by atoms with Crippen LogP contribution in [-0.4, -0.2) is 31.7 Å². The molecule has 0 radical (unpaired) electrons. The van der Waals surface area contributed by atoms with Crippen LogP contribution in [0.3, 0.4) is 0 Å². The second kappa shape index (κ2) is 6.21. The zero-order valence-corrected chi connectivity index (χ0v) is 8.71. The minimum Gasteiger partial charge on any atom is -0.493 e. The van der Waals surface area contributed by atoms with Crippen LogP contribution in [0, 0.1) is 0 Å². The molecule has 14 heavy (non-hydrogen) atoms. The van der Waals surface area contributed by atoms with Crippen molar-refractivity contribution in [2.45, 2.75) is 6.92 Å². The molecule has 78 valence electrons. The smallest absolute Gasteiger partial charge is 0.168 e. The largest absolute Gasteiger partial charge is 0.493 e. The molecule has 1 aromatic heterocycles. The van der Waals surface area contributed by atoms with Gasteiger partial charge in [0.25, 0.3) is 0 Å². The molecule has 4 nitrogen and oxygen atoms in total. The molecule has 0 unspecified atom stereocenters. The third kappa shape index (κ3) is 3.22. The first-order valence-electron chi connectivity index (χ1n) is 4.82. The molecule has 4 heteroatoms. The molecule has 0 atom stereocenters. The number of aromatic nitrogens is 1. The van der Waals surface area contributed by atoms with Gasteiger partial charge in [-0.2, -0.15) is 0 Å². The third-order valence-electron chi connectivity index (χ3n) is 1.83. The first-order valence-corrected chi connectivity index (χ1v) is 4.82. The van der Waals surface area contributed by atoms with E-state index < -0.39 is 0 Å². The maximum Gasteiger partial charge on any atom is 0.168 e. The standard InChI is InChI=1S/C10H17N3O/c1-3-11-7-8-13-10-9(14-2)5-4-6-12-10/h4-6,11H,3,7-8H2,1-2H3,(H,12,13). The molecule has 0 spiro atoms. The predicted octanol–water partition coefficient (Wildman–Crippen LogP) is 1.11. The number of nitrogens with one attached hydrogen (secondary N) is 2. The summed E-state index contributed by atoms with van der Waals surface area (Å²) in [5, 5.41) is 6.43. The van der Waals surface area contributed by atoms with Crippen molar-refractivity contribution in [3.63, 3.8) is 0 Å². The Morgan fingerprint density at radius 2 is 2.29 bits per heavy atom. The summed E-state index contributed by atoms with van der Waals surface area (Å²) in [6, 6.07) is 3.75. The average Bonchev–Trinajstić information content (AvgIpc) is 2.25. The molecule has 0 amide bonds. The Morgan fingerprint density at radius 1 is 1.43 bits per heavy atom. The van der Waals surface area contributed by atoms with Gasteiger partial charge < -0.3 is 15.4 Å². The van der Waals surface area contributed by atoms with Crippen molar-refractivity contribution in [3.8, 4) is 5.75 Å². The van der Waals surface area contributed by atoms with Gasteiger partial charge in [0.1, 0.15) is 0 Å². The van der Waals surface area contributed by atoms with Crippen molar-refractivity contribution in [1.29, 1.82) is 0 Å². The number of nitrogens with zero attached hydrogens (tertiary/aromatic N) is 1. The summed E-state index contributed by atoms with van der Waals surface area (Å²) in [6.07, 6.45) is 1.75. The SMILES string of the molecule is CCNCCNc1ncccc1OC. The van der Waals surface area contributed by atoms with Gasteiger partial charge in [0.05, 0.1) is 7.11 Å². The van der Waals surface area contributed by atoms with E-state index in [0.29, 0.717) is 0 Å². The minimum atomic E-state index is 0.781. The Hall–Kier alpha value is -1.29. The van der Waals surface area contributed by atoms with E-state index in [2.05, 4.69) is 22.5 Å². The minimum absolute atomic E-state index is 0.781. The molecule has 0 saturated carbocycles. The van der Waals surface area contributed by atoms with Crippen molar-refractivity contribution in [2.75, 3.05) is 32.1 Å². The molecule has 0 saturated heterocycles. The van der Waals surface area contributed by atoms with Gasteiger partial charge >= 0.3 is 0 Å². The second-order valence-electron chi connectivity index (χ2n) is 2.83. The Balaban J connectivity index is 2.41. The fraction of sp³-hybridized carbons (Fsp3) is 0.500. The lowest BCUT2D eigenvalue weighted by molar-refractivity contribution is 0.415. The van der Waals surface area contributed by atoms with Crippen LogP contribution in [0.2, 0.25) is 0 Å². The van der Waals surface area contributed by atoms with Crippen LogP contribution in [0.1, 0.15) is 6.92 Å². The number of anilines is 1. The Labute approximate surface area is 84.7 Å². The fourth-order valence-electron chi connectivity index (χ4n) is 1.13. The van der Waals surface area contributed by atoms with Crippen LogP contribution in [0.4, 0.5) is 5.82 Å². The molecule has 0 aromatic carbocycles. The Kier molecular flexibility index (Phi) is 4.78. The topological polar surface area (TPSA) is 46.2 Å². The first-order chi connectivity index (χ1) is 6.88. The zero-order chi connectivity index (χ0) is 10.2. The van der Waals surface area contributed by atoms with E-state index in [1.54, 1.807) is 13.3 Å². The van der Waals surface area contributed by atoms with E-state index in [1.165, 1.54) is 0 Å². The summed E-state index contributed by atoms with van der Waals surface area (Å²) < 4.78 is 5.16. The quantitative estimate of drug-likeness (QED) is 0.667. The van der Waals surface area contributed by atoms with Crippen molar-refractivity contribution in [3.05, 3.63) is 18.3 Å². The highest BCUT2D eigenvalue weighted by molar-refractivity contribution is 5.49. The van der Waals surface area contributed by atoms with E-state index in [0.717, 1.165) is 31.2 Å². The molecular weight excluding hydrogens is 178 g/mol. The van der Waals surface area contributed by atoms with Gasteiger partial charge in [0.2, 0.25) is 0 Å². The number of methoxy groups -OCH3 is 1. The molecular formula is C10H17N3O. The van der Waals surface area contributed by atoms with E-state index in [9.17, 15) is 0 Å². The zero-order valence-electron chi connectivity index (χ0n) is 8.71. The monoisotopic (exact) mass is 195 g/mol. The average molecular weight is 195 g/mol. The van der Waals surface area contributed by atoms with E-state index in [4.69, 9.17) is 4.74 Å².